The van der Waals surface area contributed by atoms with Gasteiger partial charge in [-0.3, -0.25) is 9.59 Å². The molecule has 144 valence electrons. The zero-order valence-electron chi connectivity index (χ0n) is 14.1. The molecular weight excluding hydrogens is 403 g/mol. The Hall–Kier alpha value is -2.19. The molecule has 2 rings (SSSR count). The highest BCUT2D eigenvalue weighted by atomic mass is 35.5. The Bertz CT molecular complexity index is 843. The topological polar surface area (TPSA) is 55.4 Å². The fourth-order valence-electron chi connectivity index (χ4n) is 2.09. The van der Waals surface area contributed by atoms with Crippen LogP contribution in [0.1, 0.15) is 11.1 Å². The first kappa shape index (κ1) is 21.1. The van der Waals surface area contributed by atoms with Crippen molar-refractivity contribution in [3.8, 4) is 0 Å². The van der Waals surface area contributed by atoms with Crippen LogP contribution in [0.15, 0.2) is 47.4 Å². The smallest absolute Gasteiger partial charge is 0.418 e. The molecule has 0 saturated heterocycles. The molecule has 2 aromatic carbocycles. The first-order chi connectivity index (χ1) is 12.7. The van der Waals surface area contributed by atoms with Crippen LogP contribution in [0.2, 0.25) is 5.02 Å². The van der Waals surface area contributed by atoms with Gasteiger partial charge in [0.05, 0.1) is 17.0 Å². The number of hydrogen-bond acceptors (Lipinski definition) is 4. The van der Waals surface area contributed by atoms with Gasteiger partial charge < -0.3 is 10.1 Å². The van der Waals surface area contributed by atoms with E-state index in [-0.39, 0.29) is 10.8 Å². The number of aryl methyl sites for hydroxylation is 1. The SMILES string of the molecule is Cc1ccccc1SCC(=O)OCC(=O)Nc1ccc(Cl)cc1C(F)(F)F. The number of hydrogen-bond donors (Lipinski definition) is 1. The number of carbonyl (C=O) groups excluding carboxylic acids is 2. The minimum atomic E-state index is -4.69. The predicted molar refractivity (Wildman–Crippen MR) is 97.9 cm³/mol. The van der Waals surface area contributed by atoms with E-state index in [9.17, 15) is 22.8 Å². The number of anilines is 1. The highest BCUT2D eigenvalue weighted by molar-refractivity contribution is 8.00. The van der Waals surface area contributed by atoms with Gasteiger partial charge in [-0.05, 0) is 36.8 Å². The average Bonchev–Trinajstić information content (AvgIpc) is 2.60. The summed E-state index contributed by atoms with van der Waals surface area (Å²) in [6.07, 6.45) is -4.69. The van der Waals surface area contributed by atoms with Gasteiger partial charge in [0, 0.05) is 9.92 Å². The number of nitrogens with one attached hydrogen (secondary N) is 1. The predicted octanol–water partition coefficient (Wildman–Crippen LogP) is 4.94. The van der Waals surface area contributed by atoms with Crippen LogP contribution in [0.4, 0.5) is 18.9 Å². The van der Waals surface area contributed by atoms with Gasteiger partial charge >= 0.3 is 12.1 Å². The molecule has 4 nitrogen and oxygen atoms in total. The Morgan fingerprint density at radius 2 is 1.89 bits per heavy atom. The maximum Gasteiger partial charge on any atom is 0.418 e. The van der Waals surface area contributed by atoms with E-state index in [1.54, 1.807) is 0 Å². The van der Waals surface area contributed by atoms with E-state index in [1.807, 2.05) is 31.2 Å². The molecule has 0 aliphatic heterocycles. The minimum Gasteiger partial charge on any atom is -0.455 e. The summed E-state index contributed by atoms with van der Waals surface area (Å²) in [6, 6.07) is 10.4. The minimum absolute atomic E-state index is 0.0210. The first-order valence-electron chi connectivity index (χ1n) is 7.67. The lowest BCUT2D eigenvalue weighted by Gasteiger charge is -2.14. The fourth-order valence-corrected chi connectivity index (χ4v) is 3.09. The normalized spacial score (nSPS) is 11.1. The van der Waals surface area contributed by atoms with E-state index in [2.05, 4.69) is 5.32 Å². The molecule has 0 unspecified atom stereocenters. The molecule has 0 heterocycles. The van der Waals surface area contributed by atoms with Gasteiger partial charge in [-0.25, -0.2) is 0 Å². The summed E-state index contributed by atoms with van der Waals surface area (Å²) in [7, 11) is 0. The summed E-state index contributed by atoms with van der Waals surface area (Å²) in [4.78, 5) is 24.4. The van der Waals surface area contributed by atoms with Crippen LogP contribution >= 0.6 is 23.4 Å². The lowest BCUT2D eigenvalue weighted by molar-refractivity contribution is -0.144. The number of halogens is 4. The van der Waals surface area contributed by atoms with E-state index >= 15 is 0 Å². The van der Waals surface area contributed by atoms with E-state index in [4.69, 9.17) is 16.3 Å². The van der Waals surface area contributed by atoms with Gasteiger partial charge in [-0.2, -0.15) is 13.2 Å². The molecule has 2 aromatic rings. The molecule has 0 aliphatic carbocycles. The standard InChI is InChI=1S/C18H15ClF3NO3S/c1-11-4-2-3-5-15(11)27-10-17(25)26-9-16(24)23-14-7-6-12(19)8-13(14)18(20,21)22/h2-8H,9-10H2,1H3,(H,23,24). The second-order valence-electron chi connectivity index (χ2n) is 5.45. The molecule has 1 N–H and O–H groups in total. The van der Waals surface area contributed by atoms with Crippen molar-refractivity contribution in [2.75, 3.05) is 17.7 Å². The summed E-state index contributed by atoms with van der Waals surface area (Å²) in [5.74, 6) is -1.55. The van der Waals surface area contributed by atoms with Gasteiger partial charge in [-0.1, -0.05) is 29.8 Å². The van der Waals surface area contributed by atoms with Crippen molar-refractivity contribution in [2.45, 2.75) is 18.0 Å². The second-order valence-corrected chi connectivity index (χ2v) is 6.90. The highest BCUT2D eigenvalue weighted by Crippen LogP contribution is 2.36. The third-order valence-corrected chi connectivity index (χ3v) is 4.75. The zero-order valence-corrected chi connectivity index (χ0v) is 15.7. The second kappa shape index (κ2) is 9.14. The van der Waals surface area contributed by atoms with Crippen molar-refractivity contribution in [3.05, 3.63) is 58.6 Å². The maximum atomic E-state index is 13.0. The van der Waals surface area contributed by atoms with E-state index in [1.165, 1.54) is 17.8 Å². The van der Waals surface area contributed by atoms with Crippen LogP contribution in [0.25, 0.3) is 0 Å². The molecule has 0 bridgehead atoms. The van der Waals surface area contributed by atoms with E-state index in [0.29, 0.717) is 6.07 Å². The van der Waals surface area contributed by atoms with Gasteiger partial charge in [0.25, 0.3) is 5.91 Å². The van der Waals surface area contributed by atoms with Gasteiger partial charge in [0.15, 0.2) is 6.61 Å². The number of amides is 1. The maximum absolute atomic E-state index is 13.0. The molecule has 0 aliphatic rings. The number of rotatable bonds is 6. The zero-order chi connectivity index (χ0) is 20.0. The quantitative estimate of drug-likeness (QED) is 0.534. The molecule has 0 aromatic heterocycles. The first-order valence-corrected chi connectivity index (χ1v) is 9.04. The van der Waals surface area contributed by atoms with Crippen LogP contribution in [0.3, 0.4) is 0 Å². The average molecular weight is 418 g/mol. The highest BCUT2D eigenvalue weighted by Gasteiger charge is 2.34. The Kier molecular flexibility index (Phi) is 7.15. The molecule has 0 radical (unpaired) electrons. The summed E-state index contributed by atoms with van der Waals surface area (Å²) in [6.45, 7) is 1.21. The van der Waals surface area contributed by atoms with Gasteiger partial charge in [0.1, 0.15) is 0 Å². The Balaban J connectivity index is 1.88. The number of esters is 1. The van der Waals surface area contributed by atoms with Gasteiger partial charge in [0.2, 0.25) is 0 Å². The van der Waals surface area contributed by atoms with Crippen molar-refractivity contribution in [1.29, 1.82) is 0 Å². The molecule has 0 fully saturated rings. The number of thioether (sulfide) groups is 1. The molecule has 9 heteroatoms. The van der Waals surface area contributed by atoms with Gasteiger partial charge in [-0.15, -0.1) is 11.8 Å². The molecule has 0 spiro atoms. The number of benzene rings is 2. The van der Waals surface area contributed by atoms with Crippen LogP contribution in [-0.2, 0) is 20.5 Å². The van der Waals surface area contributed by atoms with Crippen LogP contribution in [-0.4, -0.2) is 24.2 Å². The van der Waals surface area contributed by atoms with Crippen molar-refractivity contribution in [3.63, 3.8) is 0 Å². The number of ether oxygens (including phenoxy) is 1. The lowest BCUT2D eigenvalue weighted by Crippen LogP contribution is -2.23. The van der Waals surface area contributed by atoms with Crippen LogP contribution in [0, 0.1) is 6.92 Å². The molecule has 27 heavy (non-hydrogen) atoms. The largest absolute Gasteiger partial charge is 0.455 e. The molecule has 0 saturated carbocycles. The van der Waals surface area contributed by atoms with Crippen molar-refractivity contribution in [1.82, 2.24) is 0 Å². The molecule has 1 amide bonds. The summed E-state index contributed by atoms with van der Waals surface area (Å²) in [5, 5.41) is 1.97. The van der Waals surface area contributed by atoms with Crippen LogP contribution in [0.5, 0.6) is 0 Å². The number of carbonyl (C=O) groups is 2. The van der Waals surface area contributed by atoms with E-state index < -0.39 is 35.9 Å². The molecular formula is C18H15ClF3NO3S. The van der Waals surface area contributed by atoms with Crippen molar-refractivity contribution in [2.24, 2.45) is 0 Å². The summed E-state index contributed by atoms with van der Waals surface area (Å²) in [5.41, 5.74) is -0.539. The van der Waals surface area contributed by atoms with Crippen molar-refractivity contribution >= 4 is 40.9 Å². The Morgan fingerprint density at radius 3 is 2.56 bits per heavy atom. The summed E-state index contributed by atoms with van der Waals surface area (Å²) >= 11 is 6.82. The fraction of sp³-hybridized carbons (Fsp3) is 0.222. The van der Waals surface area contributed by atoms with E-state index in [0.717, 1.165) is 16.5 Å². The molecule has 0 atom stereocenters. The van der Waals surface area contributed by atoms with Crippen molar-refractivity contribution < 1.29 is 27.5 Å². The third kappa shape index (κ3) is 6.48. The monoisotopic (exact) mass is 417 g/mol. The third-order valence-electron chi connectivity index (χ3n) is 3.36. The lowest BCUT2D eigenvalue weighted by atomic mass is 10.1. The summed E-state index contributed by atoms with van der Waals surface area (Å²) < 4.78 is 43.8. The Morgan fingerprint density at radius 1 is 1.19 bits per heavy atom. The van der Waals surface area contributed by atoms with Crippen LogP contribution < -0.4 is 5.32 Å². The Labute approximate surface area is 163 Å². The number of alkyl halides is 3.